The molecule has 1 atom stereocenters. The SMILES string of the molecule is CN(CC(O)C1CC1)C(=O)C(C)(C)c1cccc(Cl)c1. The molecule has 1 aromatic rings. The Kier molecular flexibility index (Phi) is 4.40. The van der Waals surface area contributed by atoms with Gasteiger partial charge in [0.05, 0.1) is 11.5 Å². The first-order chi connectivity index (χ1) is 9.32. The maximum Gasteiger partial charge on any atom is 0.232 e. The minimum absolute atomic E-state index is 0.000494. The molecule has 2 rings (SSSR count). The fraction of sp³-hybridized carbons (Fsp3) is 0.562. The summed E-state index contributed by atoms with van der Waals surface area (Å²) in [4.78, 5) is 14.3. The molecule has 3 nitrogen and oxygen atoms in total. The summed E-state index contributed by atoms with van der Waals surface area (Å²) in [5, 5.41) is 10.6. The predicted octanol–water partition coefficient (Wildman–Crippen LogP) is 2.85. The van der Waals surface area contributed by atoms with E-state index >= 15 is 0 Å². The van der Waals surface area contributed by atoms with Crippen LogP contribution in [0, 0.1) is 5.92 Å². The number of aliphatic hydroxyl groups excluding tert-OH is 1. The molecule has 0 radical (unpaired) electrons. The van der Waals surface area contributed by atoms with Crippen LogP contribution in [0.4, 0.5) is 0 Å². The monoisotopic (exact) mass is 295 g/mol. The summed E-state index contributed by atoms with van der Waals surface area (Å²) in [5.74, 6) is 0.374. The molecule has 1 fully saturated rings. The first-order valence-corrected chi connectivity index (χ1v) is 7.40. The molecule has 110 valence electrons. The molecule has 1 saturated carbocycles. The van der Waals surface area contributed by atoms with Gasteiger partial charge in [-0.05, 0) is 50.3 Å². The van der Waals surface area contributed by atoms with Crippen LogP contribution in [0.2, 0.25) is 5.02 Å². The van der Waals surface area contributed by atoms with Crippen molar-refractivity contribution < 1.29 is 9.90 Å². The molecule has 0 spiro atoms. The third-order valence-electron chi connectivity index (χ3n) is 4.05. The van der Waals surface area contributed by atoms with Crippen molar-refractivity contribution in [3.05, 3.63) is 34.9 Å². The highest BCUT2D eigenvalue weighted by atomic mass is 35.5. The lowest BCUT2D eigenvalue weighted by Gasteiger charge is -2.31. The summed E-state index contributed by atoms with van der Waals surface area (Å²) < 4.78 is 0. The highest BCUT2D eigenvalue weighted by Crippen LogP contribution is 2.33. The van der Waals surface area contributed by atoms with Gasteiger partial charge >= 0.3 is 0 Å². The molecule has 1 aliphatic rings. The van der Waals surface area contributed by atoms with Gasteiger partial charge in [0.15, 0.2) is 0 Å². The summed E-state index contributed by atoms with van der Waals surface area (Å²) in [6.45, 7) is 4.18. The summed E-state index contributed by atoms with van der Waals surface area (Å²) in [5.41, 5.74) is 0.242. The molecule has 4 heteroatoms. The topological polar surface area (TPSA) is 40.5 Å². The van der Waals surface area contributed by atoms with Crippen LogP contribution in [0.3, 0.4) is 0 Å². The second-order valence-electron chi connectivity index (χ2n) is 6.23. The van der Waals surface area contributed by atoms with Crippen molar-refractivity contribution >= 4 is 17.5 Å². The predicted molar refractivity (Wildman–Crippen MR) is 80.8 cm³/mol. The van der Waals surface area contributed by atoms with Crippen molar-refractivity contribution in [2.45, 2.75) is 38.2 Å². The van der Waals surface area contributed by atoms with Gasteiger partial charge in [-0.1, -0.05) is 23.7 Å². The van der Waals surface area contributed by atoms with Crippen LogP contribution in [0.5, 0.6) is 0 Å². The number of hydrogen-bond donors (Lipinski definition) is 1. The van der Waals surface area contributed by atoms with Crippen molar-refractivity contribution in [3.8, 4) is 0 Å². The standard InChI is InChI=1S/C16H22ClNO2/c1-16(2,12-5-4-6-13(17)9-12)15(20)18(3)10-14(19)11-7-8-11/h4-6,9,11,14,19H,7-8,10H2,1-3H3. The van der Waals surface area contributed by atoms with Gasteiger partial charge in [-0.15, -0.1) is 0 Å². The van der Waals surface area contributed by atoms with Crippen LogP contribution < -0.4 is 0 Å². The van der Waals surface area contributed by atoms with E-state index in [0.29, 0.717) is 17.5 Å². The number of likely N-dealkylation sites (N-methyl/N-ethyl adjacent to an activating group) is 1. The van der Waals surface area contributed by atoms with Gasteiger partial charge in [-0.25, -0.2) is 0 Å². The summed E-state index contributed by atoms with van der Waals surface area (Å²) >= 11 is 6.00. The zero-order chi connectivity index (χ0) is 14.9. The zero-order valence-corrected chi connectivity index (χ0v) is 13.0. The number of nitrogens with zero attached hydrogens (tertiary/aromatic N) is 1. The van der Waals surface area contributed by atoms with Gasteiger partial charge in [-0.2, -0.15) is 0 Å². The lowest BCUT2D eigenvalue weighted by molar-refractivity contribution is -0.136. The third-order valence-corrected chi connectivity index (χ3v) is 4.29. The van der Waals surface area contributed by atoms with Gasteiger partial charge in [0, 0.05) is 18.6 Å². The van der Waals surface area contributed by atoms with E-state index in [1.165, 1.54) is 0 Å². The van der Waals surface area contributed by atoms with Gasteiger partial charge < -0.3 is 10.0 Å². The maximum atomic E-state index is 12.6. The minimum Gasteiger partial charge on any atom is -0.391 e. The fourth-order valence-corrected chi connectivity index (χ4v) is 2.66. The van der Waals surface area contributed by atoms with Crippen molar-refractivity contribution in [3.63, 3.8) is 0 Å². The van der Waals surface area contributed by atoms with Gasteiger partial charge in [-0.3, -0.25) is 4.79 Å². The van der Waals surface area contributed by atoms with Gasteiger partial charge in [0.1, 0.15) is 0 Å². The molecule has 0 heterocycles. The maximum absolute atomic E-state index is 12.6. The number of rotatable bonds is 5. The van der Waals surface area contributed by atoms with Crippen LogP contribution in [-0.4, -0.2) is 35.6 Å². The first-order valence-electron chi connectivity index (χ1n) is 7.02. The van der Waals surface area contributed by atoms with E-state index in [9.17, 15) is 9.90 Å². The Morgan fingerprint density at radius 1 is 1.50 bits per heavy atom. The molecule has 1 aromatic carbocycles. The van der Waals surface area contributed by atoms with E-state index in [-0.39, 0.29) is 5.91 Å². The van der Waals surface area contributed by atoms with Gasteiger partial charge in [0.2, 0.25) is 5.91 Å². The number of hydrogen-bond acceptors (Lipinski definition) is 2. The first kappa shape index (κ1) is 15.3. The molecule has 0 aromatic heterocycles. The van der Waals surface area contributed by atoms with Crippen molar-refractivity contribution in [2.24, 2.45) is 5.92 Å². The molecule has 1 aliphatic carbocycles. The number of benzene rings is 1. The number of amides is 1. The summed E-state index contributed by atoms with van der Waals surface area (Å²) in [6, 6.07) is 7.39. The van der Waals surface area contributed by atoms with Crippen molar-refractivity contribution in [1.29, 1.82) is 0 Å². The Labute approximate surface area is 125 Å². The average molecular weight is 296 g/mol. The van der Waals surface area contributed by atoms with Crippen LogP contribution >= 0.6 is 11.6 Å². The lowest BCUT2D eigenvalue weighted by atomic mass is 9.83. The fourth-order valence-electron chi connectivity index (χ4n) is 2.47. The van der Waals surface area contributed by atoms with E-state index < -0.39 is 11.5 Å². The van der Waals surface area contributed by atoms with Crippen LogP contribution in [0.25, 0.3) is 0 Å². The Hall–Kier alpha value is -1.06. The quantitative estimate of drug-likeness (QED) is 0.907. The van der Waals surface area contributed by atoms with Crippen LogP contribution in [0.1, 0.15) is 32.3 Å². The highest BCUT2D eigenvalue weighted by molar-refractivity contribution is 6.30. The Morgan fingerprint density at radius 3 is 2.70 bits per heavy atom. The molecule has 0 aliphatic heterocycles. The second-order valence-corrected chi connectivity index (χ2v) is 6.66. The van der Waals surface area contributed by atoms with E-state index in [1.54, 1.807) is 18.0 Å². The molecule has 0 saturated heterocycles. The molecule has 1 unspecified atom stereocenters. The summed E-state index contributed by atoms with van der Waals surface area (Å²) in [7, 11) is 1.75. The van der Waals surface area contributed by atoms with Crippen LogP contribution in [0.15, 0.2) is 24.3 Å². The Morgan fingerprint density at radius 2 is 2.15 bits per heavy atom. The van der Waals surface area contributed by atoms with Crippen molar-refractivity contribution in [1.82, 2.24) is 4.90 Å². The van der Waals surface area contributed by atoms with Crippen molar-refractivity contribution in [2.75, 3.05) is 13.6 Å². The van der Waals surface area contributed by atoms with E-state index in [2.05, 4.69) is 0 Å². The Balaban J connectivity index is 2.09. The normalized spacial score (nSPS) is 16.9. The number of carbonyl (C=O) groups excluding carboxylic acids is 1. The largest absolute Gasteiger partial charge is 0.391 e. The molecule has 20 heavy (non-hydrogen) atoms. The highest BCUT2D eigenvalue weighted by Gasteiger charge is 2.36. The molecular formula is C16H22ClNO2. The molecular weight excluding hydrogens is 274 g/mol. The third kappa shape index (κ3) is 3.33. The lowest BCUT2D eigenvalue weighted by Crippen LogP contribution is -2.44. The van der Waals surface area contributed by atoms with E-state index in [0.717, 1.165) is 18.4 Å². The number of halogens is 1. The molecule has 1 amide bonds. The molecule has 1 N–H and O–H groups in total. The van der Waals surface area contributed by atoms with Gasteiger partial charge in [0.25, 0.3) is 0 Å². The smallest absolute Gasteiger partial charge is 0.232 e. The second kappa shape index (κ2) is 5.74. The minimum atomic E-state index is -0.650. The van der Waals surface area contributed by atoms with Crippen LogP contribution in [-0.2, 0) is 10.2 Å². The van der Waals surface area contributed by atoms with E-state index in [4.69, 9.17) is 11.6 Å². The average Bonchev–Trinajstić information content (AvgIpc) is 3.21. The number of carbonyl (C=O) groups is 1. The Bertz CT molecular complexity index is 497. The number of aliphatic hydroxyl groups is 1. The molecule has 0 bridgehead atoms. The summed E-state index contributed by atoms with van der Waals surface area (Å²) in [6.07, 6.45) is 1.74. The van der Waals surface area contributed by atoms with E-state index in [1.807, 2.05) is 32.0 Å². The zero-order valence-electron chi connectivity index (χ0n) is 12.3.